The number of hydrogen-bond acceptors (Lipinski definition) is 6. The van der Waals surface area contributed by atoms with E-state index in [0.29, 0.717) is 17.6 Å². The molecule has 0 aliphatic rings. The van der Waals surface area contributed by atoms with Gasteiger partial charge in [-0.05, 0) is 12.3 Å². The summed E-state index contributed by atoms with van der Waals surface area (Å²) in [6.07, 6.45) is 3.97. The van der Waals surface area contributed by atoms with Gasteiger partial charge in [0.15, 0.2) is 0 Å². The standard InChI is InChI=1S/C13H20N6O/c1-9(2)5-10(13-16-8-17-19(13)3)18-11-6-12(20-4)15-7-14-11/h6-10H,5H2,1-4H3,(H,14,15,18)/t10-/m0/s1. The van der Waals surface area contributed by atoms with Crippen LogP contribution in [0.1, 0.15) is 32.1 Å². The maximum absolute atomic E-state index is 5.11. The molecule has 20 heavy (non-hydrogen) atoms. The summed E-state index contributed by atoms with van der Waals surface area (Å²) in [5, 5.41) is 7.50. The SMILES string of the molecule is COc1cc(N[C@@H](CC(C)C)c2ncnn2C)ncn1. The fraction of sp³-hybridized carbons (Fsp3) is 0.538. The van der Waals surface area contributed by atoms with Gasteiger partial charge in [-0.2, -0.15) is 5.10 Å². The average Bonchev–Trinajstić information content (AvgIpc) is 2.84. The summed E-state index contributed by atoms with van der Waals surface area (Å²) < 4.78 is 6.88. The molecule has 0 radical (unpaired) electrons. The molecular formula is C13H20N6O. The molecule has 0 saturated carbocycles. The number of nitrogens with one attached hydrogen (secondary N) is 1. The summed E-state index contributed by atoms with van der Waals surface area (Å²) in [4.78, 5) is 12.5. The van der Waals surface area contributed by atoms with Crippen LogP contribution < -0.4 is 10.1 Å². The van der Waals surface area contributed by atoms with Crippen molar-refractivity contribution in [2.24, 2.45) is 13.0 Å². The normalized spacial score (nSPS) is 12.4. The zero-order valence-corrected chi connectivity index (χ0v) is 12.2. The molecule has 0 aliphatic heterocycles. The van der Waals surface area contributed by atoms with Crippen molar-refractivity contribution in [2.75, 3.05) is 12.4 Å². The molecule has 0 bridgehead atoms. The zero-order valence-electron chi connectivity index (χ0n) is 12.2. The molecule has 1 atom stereocenters. The minimum Gasteiger partial charge on any atom is -0.481 e. The van der Waals surface area contributed by atoms with Crippen molar-refractivity contribution in [3.05, 3.63) is 24.5 Å². The Morgan fingerprint density at radius 1 is 1.25 bits per heavy atom. The first-order chi connectivity index (χ1) is 9.60. The zero-order chi connectivity index (χ0) is 14.5. The van der Waals surface area contributed by atoms with Crippen LogP contribution in [0.25, 0.3) is 0 Å². The highest BCUT2D eigenvalue weighted by molar-refractivity contribution is 5.38. The van der Waals surface area contributed by atoms with Gasteiger partial charge in [-0.3, -0.25) is 4.68 Å². The Hall–Kier alpha value is -2.18. The number of nitrogens with zero attached hydrogens (tertiary/aromatic N) is 5. The van der Waals surface area contributed by atoms with Gasteiger partial charge in [0.2, 0.25) is 5.88 Å². The van der Waals surface area contributed by atoms with E-state index in [0.717, 1.165) is 12.2 Å². The van der Waals surface area contributed by atoms with Gasteiger partial charge in [-0.1, -0.05) is 13.8 Å². The van der Waals surface area contributed by atoms with E-state index >= 15 is 0 Å². The van der Waals surface area contributed by atoms with Gasteiger partial charge >= 0.3 is 0 Å². The lowest BCUT2D eigenvalue weighted by Crippen LogP contribution is -2.18. The van der Waals surface area contributed by atoms with E-state index in [-0.39, 0.29) is 6.04 Å². The molecule has 0 aromatic carbocycles. The van der Waals surface area contributed by atoms with Crippen LogP contribution in [0.3, 0.4) is 0 Å². The van der Waals surface area contributed by atoms with Crippen LogP contribution in [-0.4, -0.2) is 31.8 Å². The molecule has 2 heterocycles. The predicted molar refractivity (Wildman–Crippen MR) is 75.4 cm³/mol. The van der Waals surface area contributed by atoms with Gasteiger partial charge in [0.25, 0.3) is 0 Å². The number of aromatic nitrogens is 5. The molecule has 0 amide bonds. The van der Waals surface area contributed by atoms with E-state index in [1.807, 2.05) is 7.05 Å². The lowest BCUT2D eigenvalue weighted by atomic mass is 10.0. The number of hydrogen-bond donors (Lipinski definition) is 1. The Labute approximate surface area is 118 Å². The van der Waals surface area contributed by atoms with Crippen molar-refractivity contribution in [1.82, 2.24) is 24.7 Å². The van der Waals surface area contributed by atoms with Crippen LogP contribution in [0.5, 0.6) is 5.88 Å². The number of methoxy groups -OCH3 is 1. The van der Waals surface area contributed by atoms with E-state index in [9.17, 15) is 0 Å². The Balaban J connectivity index is 2.21. The summed E-state index contributed by atoms with van der Waals surface area (Å²) in [6.45, 7) is 4.34. The highest BCUT2D eigenvalue weighted by Gasteiger charge is 2.18. The summed E-state index contributed by atoms with van der Waals surface area (Å²) in [6, 6.07) is 1.81. The summed E-state index contributed by atoms with van der Waals surface area (Å²) in [5.41, 5.74) is 0. The molecule has 2 aromatic rings. The van der Waals surface area contributed by atoms with Crippen LogP contribution in [-0.2, 0) is 7.05 Å². The molecule has 2 rings (SSSR count). The van der Waals surface area contributed by atoms with Crippen molar-refractivity contribution in [3.8, 4) is 5.88 Å². The highest BCUT2D eigenvalue weighted by Crippen LogP contribution is 2.24. The molecule has 7 nitrogen and oxygen atoms in total. The van der Waals surface area contributed by atoms with E-state index < -0.39 is 0 Å². The number of rotatable bonds is 6. The quantitative estimate of drug-likeness (QED) is 0.867. The summed E-state index contributed by atoms with van der Waals surface area (Å²) in [5.74, 6) is 2.65. The van der Waals surface area contributed by atoms with Crippen LogP contribution >= 0.6 is 0 Å². The number of ether oxygens (including phenoxy) is 1. The maximum Gasteiger partial charge on any atom is 0.218 e. The average molecular weight is 276 g/mol. The molecule has 1 N–H and O–H groups in total. The third-order valence-electron chi connectivity index (χ3n) is 2.94. The molecule has 0 fully saturated rings. The molecule has 2 aromatic heterocycles. The number of aryl methyl sites for hydroxylation is 1. The largest absolute Gasteiger partial charge is 0.481 e. The van der Waals surface area contributed by atoms with Gasteiger partial charge in [0.05, 0.1) is 13.2 Å². The van der Waals surface area contributed by atoms with Gasteiger partial charge in [-0.25, -0.2) is 15.0 Å². The molecule has 108 valence electrons. The monoisotopic (exact) mass is 276 g/mol. The second kappa shape index (κ2) is 6.31. The van der Waals surface area contributed by atoms with Crippen molar-refractivity contribution >= 4 is 5.82 Å². The van der Waals surface area contributed by atoms with Crippen molar-refractivity contribution < 1.29 is 4.74 Å². The van der Waals surface area contributed by atoms with Crippen LogP contribution in [0.2, 0.25) is 0 Å². The molecule has 0 unspecified atom stereocenters. The second-order valence-electron chi connectivity index (χ2n) is 5.01. The first kappa shape index (κ1) is 14.2. The first-order valence-electron chi connectivity index (χ1n) is 6.56. The Kier molecular flexibility index (Phi) is 4.49. The first-order valence-corrected chi connectivity index (χ1v) is 6.56. The Bertz CT molecular complexity index is 553. The fourth-order valence-electron chi connectivity index (χ4n) is 2.03. The third-order valence-corrected chi connectivity index (χ3v) is 2.94. The maximum atomic E-state index is 5.11. The molecule has 0 saturated heterocycles. The van der Waals surface area contributed by atoms with E-state index in [1.54, 1.807) is 24.2 Å². The molecule has 0 spiro atoms. The summed E-state index contributed by atoms with van der Waals surface area (Å²) in [7, 11) is 3.47. The van der Waals surface area contributed by atoms with Crippen molar-refractivity contribution in [3.63, 3.8) is 0 Å². The minimum atomic E-state index is 0.0436. The lowest BCUT2D eigenvalue weighted by molar-refractivity contribution is 0.397. The Morgan fingerprint density at radius 3 is 2.65 bits per heavy atom. The minimum absolute atomic E-state index is 0.0436. The van der Waals surface area contributed by atoms with Gasteiger partial charge in [-0.15, -0.1) is 0 Å². The fourth-order valence-corrected chi connectivity index (χ4v) is 2.03. The number of anilines is 1. The van der Waals surface area contributed by atoms with Crippen LogP contribution in [0.4, 0.5) is 5.82 Å². The van der Waals surface area contributed by atoms with Crippen LogP contribution in [0.15, 0.2) is 18.7 Å². The molecule has 0 aliphatic carbocycles. The van der Waals surface area contributed by atoms with Crippen molar-refractivity contribution in [2.45, 2.75) is 26.3 Å². The van der Waals surface area contributed by atoms with Gasteiger partial charge in [0.1, 0.15) is 24.3 Å². The van der Waals surface area contributed by atoms with E-state index in [2.05, 4.69) is 39.2 Å². The Morgan fingerprint density at radius 2 is 2.05 bits per heavy atom. The van der Waals surface area contributed by atoms with E-state index in [1.165, 1.54) is 6.33 Å². The topological polar surface area (TPSA) is 77.8 Å². The summed E-state index contributed by atoms with van der Waals surface area (Å²) >= 11 is 0. The highest BCUT2D eigenvalue weighted by atomic mass is 16.5. The predicted octanol–water partition coefficient (Wildman–Crippen LogP) is 1.81. The lowest BCUT2D eigenvalue weighted by Gasteiger charge is -2.20. The molecular weight excluding hydrogens is 256 g/mol. The third kappa shape index (κ3) is 3.43. The second-order valence-corrected chi connectivity index (χ2v) is 5.01. The van der Waals surface area contributed by atoms with Gasteiger partial charge < -0.3 is 10.1 Å². The van der Waals surface area contributed by atoms with Gasteiger partial charge in [0, 0.05) is 13.1 Å². The van der Waals surface area contributed by atoms with Crippen LogP contribution in [0, 0.1) is 5.92 Å². The molecule has 7 heteroatoms. The smallest absolute Gasteiger partial charge is 0.218 e. The van der Waals surface area contributed by atoms with Crippen molar-refractivity contribution in [1.29, 1.82) is 0 Å². The van der Waals surface area contributed by atoms with E-state index in [4.69, 9.17) is 4.74 Å².